The minimum absolute atomic E-state index is 0.0675. The van der Waals surface area contributed by atoms with Gasteiger partial charge in [-0.05, 0) is 55.9 Å². The zero-order valence-corrected chi connectivity index (χ0v) is 19.1. The zero-order valence-electron chi connectivity index (χ0n) is 19.1. The Labute approximate surface area is 194 Å². The van der Waals surface area contributed by atoms with E-state index in [2.05, 4.69) is 10.6 Å². The van der Waals surface area contributed by atoms with E-state index in [9.17, 15) is 9.59 Å². The molecule has 172 valence electrons. The van der Waals surface area contributed by atoms with Crippen molar-refractivity contribution >= 4 is 23.2 Å². The van der Waals surface area contributed by atoms with Gasteiger partial charge in [0.15, 0.2) is 0 Å². The molecule has 0 aliphatic carbocycles. The van der Waals surface area contributed by atoms with Crippen LogP contribution in [-0.4, -0.2) is 43.5 Å². The van der Waals surface area contributed by atoms with Crippen LogP contribution in [0.4, 0.5) is 11.4 Å². The third-order valence-electron chi connectivity index (χ3n) is 5.16. The van der Waals surface area contributed by atoms with E-state index in [4.69, 9.17) is 9.47 Å². The maximum absolute atomic E-state index is 12.6. The maximum Gasteiger partial charge on any atom is 0.241 e. The Bertz CT molecular complexity index is 1050. The summed E-state index contributed by atoms with van der Waals surface area (Å²) in [6.07, 6.45) is 0. The minimum atomic E-state index is -0.505. The standard InChI is InChI=1S/C26H29N3O4/c1-19(29(2)17-25(30)27-22-10-7-11-24(16-22)32-3)26(31)28-21-12-14-23(15-13-21)33-18-20-8-5-4-6-9-20/h4-16,19H,17-18H2,1-3H3,(H,27,30)(H,28,31). The summed E-state index contributed by atoms with van der Waals surface area (Å²) in [6.45, 7) is 2.30. The summed E-state index contributed by atoms with van der Waals surface area (Å²) in [6, 6.07) is 23.7. The van der Waals surface area contributed by atoms with Crippen LogP contribution in [0.3, 0.4) is 0 Å². The van der Waals surface area contributed by atoms with Crippen molar-refractivity contribution in [1.29, 1.82) is 0 Å². The molecule has 0 aliphatic heterocycles. The highest BCUT2D eigenvalue weighted by molar-refractivity contribution is 5.96. The molecule has 3 aromatic carbocycles. The number of anilines is 2. The molecule has 3 aromatic rings. The second kappa shape index (κ2) is 11.7. The van der Waals surface area contributed by atoms with E-state index in [1.165, 1.54) is 0 Å². The second-order valence-electron chi connectivity index (χ2n) is 7.66. The summed E-state index contributed by atoms with van der Waals surface area (Å²) in [7, 11) is 3.30. The smallest absolute Gasteiger partial charge is 0.241 e. The van der Waals surface area contributed by atoms with E-state index in [1.807, 2.05) is 42.5 Å². The first-order chi connectivity index (χ1) is 15.9. The summed E-state index contributed by atoms with van der Waals surface area (Å²) >= 11 is 0. The van der Waals surface area contributed by atoms with Gasteiger partial charge in [-0.15, -0.1) is 0 Å². The van der Waals surface area contributed by atoms with Gasteiger partial charge in [0, 0.05) is 17.4 Å². The molecule has 0 spiro atoms. The Kier molecular flexibility index (Phi) is 8.43. The summed E-state index contributed by atoms with van der Waals surface area (Å²) in [5, 5.41) is 5.69. The highest BCUT2D eigenvalue weighted by Crippen LogP contribution is 2.18. The Balaban J connectivity index is 1.47. The lowest BCUT2D eigenvalue weighted by atomic mass is 10.2. The third kappa shape index (κ3) is 7.36. The number of nitrogens with one attached hydrogen (secondary N) is 2. The van der Waals surface area contributed by atoms with Crippen LogP contribution in [0.5, 0.6) is 11.5 Å². The number of methoxy groups -OCH3 is 1. The van der Waals surface area contributed by atoms with Crippen molar-refractivity contribution < 1.29 is 19.1 Å². The lowest BCUT2D eigenvalue weighted by Crippen LogP contribution is -2.43. The molecule has 1 unspecified atom stereocenters. The van der Waals surface area contributed by atoms with E-state index in [0.717, 1.165) is 11.3 Å². The Morgan fingerprint density at radius 1 is 0.879 bits per heavy atom. The molecular formula is C26H29N3O4. The van der Waals surface area contributed by atoms with Crippen LogP contribution in [0.2, 0.25) is 0 Å². The van der Waals surface area contributed by atoms with Gasteiger partial charge in [0.25, 0.3) is 0 Å². The van der Waals surface area contributed by atoms with Crippen molar-refractivity contribution in [3.63, 3.8) is 0 Å². The van der Waals surface area contributed by atoms with Gasteiger partial charge < -0.3 is 20.1 Å². The molecule has 7 nitrogen and oxygen atoms in total. The molecule has 0 aromatic heterocycles. The lowest BCUT2D eigenvalue weighted by molar-refractivity contribution is -0.122. The van der Waals surface area contributed by atoms with Gasteiger partial charge in [-0.3, -0.25) is 14.5 Å². The van der Waals surface area contributed by atoms with E-state index >= 15 is 0 Å². The number of likely N-dealkylation sites (N-methyl/N-ethyl adjacent to an activating group) is 1. The summed E-state index contributed by atoms with van der Waals surface area (Å²) in [4.78, 5) is 26.7. The van der Waals surface area contributed by atoms with Gasteiger partial charge in [0.05, 0.1) is 19.7 Å². The largest absolute Gasteiger partial charge is 0.497 e. The average Bonchev–Trinajstić information content (AvgIpc) is 2.83. The molecule has 0 bridgehead atoms. The molecule has 0 saturated carbocycles. The number of hydrogen-bond donors (Lipinski definition) is 2. The first-order valence-corrected chi connectivity index (χ1v) is 10.7. The predicted octanol–water partition coefficient (Wildman–Crippen LogP) is 4.17. The number of hydrogen-bond acceptors (Lipinski definition) is 5. The van der Waals surface area contributed by atoms with E-state index in [0.29, 0.717) is 23.7 Å². The number of benzene rings is 3. The highest BCUT2D eigenvalue weighted by atomic mass is 16.5. The molecule has 2 N–H and O–H groups in total. The Morgan fingerprint density at radius 2 is 1.61 bits per heavy atom. The topological polar surface area (TPSA) is 79.9 Å². The maximum atomic E-state index is 12.6. The first kappa shape index (κ1) is 23.8. The van der Waals surface area contributed by atoms with Crippen LogP contribution in [-0.2, 0) is 16.2 Å². The average molecular weight is 448 g/mol. The molecule has 0 fully saturated rings. The van der Waals surface area contributed by atoms with Crippen molar-refractivity contribution in [2.75, 3.05) is 31.3 Å². The molecule has 0 radical (unpaired) electrons. The van der Waals surface area contributed by atoms with Crippen molar-refractivity contribution in [2.24, 2.45) is 0 Å². The number of nitrogens with zero attached hydrogens (tertiary/aromatic N) is 1. The number of carbonyl (C=O) groups excluding carboxylic acids is 2. The fourth-order valence-electron chi connectivity index (χ4n) is 3.09. The monoisotopic (exact) mass is 447 g/mol. The normalized spacial score (nSPS) is 11.5. The van der Waals surface area contributed by atoms with E-state index in [1.54, 1.807) is 62.4 Å². The first-order valence-electron chi connectivity index (χ1n) is 10.7. The number of amides is 2. The van der Waals surface area contributed by atoms with Crippen LogP contribution in [0.25, 0.3) is 0 Å². The summed E-state index contributed by atoms with van der Waals surface area (Å²) in [5.41, 5.74) is 2.38. The van der Waals surface area contributed by atoms with Crippen LogP contribution in [0.1, 0.15) is 12.5 Å². The van der Waals surface area contributed by atoms with E-state index < -0.39 is 6.04 Å². The molecular weight excluding hydrogens is 418 g/mol. The van der Waals surface area contributed by atoms with Gasteiger partial charge in [-0.1, -0.05) is 36.4 Å². The van der Waals surface area contributed by atoms with E-state index in [-0.39, 0.29) is 18.4 Å². The quantitative estimate of drug-likeness (QED) is 0.488. The van der Waals surface area contributed by atoms with Crippen LogP contribution < -0.4 is 20.1 Å². The molecule has 0 saturated heterocycles. The molecule has 7 heteroatoms. The van der Waals surface area contributed by atoms with Gasteiger partial charge in [0.2, 0.25) is 11.8 Å². The van der Waals surface area contributed by atoms with Crippen LogP contribution in [0.15, 0.2) is 78.9 Å². The van der Waals surface area contributed by atoms with Gasteiger partial charge >= 0.3 is 0 Å². The highest BCUT2D eigenvalue weighted by Gasteiger charge is 2.20. The molecule has 0 aliphatic rings. The summed E-state index contributed by atoms with van der Waals surface area (Å²) < 4.78 is 10.9. The number of rotatable bonds is 10. The van der Waals surface area contributed by atoms with Gasteiger partial charge in [-0.25, -0.2) is 0 Å². The van der Waals surface area contributed by atoms with Crippen molar-refractivity contribution in [3.8, 4) is 11.5 Å². The molecule has 33 heavy (non-hydrogen) atoms. The molecule has 3 rings (SSSR count). The molecule has 0 heterocycles. The Morgan fingerprint density at radius 3 is 2.30 bits per heavy atom. The number of ether oxygens (including phenoxy) is 2. The SMILES string of the molecule is COc1cccc(NC(=O)CN(C)C(C)C(=O)Nc2ccc(OCc3ccccc3)cc2)c1. The van der Waals surface area contributed by atoms with Crippen molar-refractivity contribution in [2.45, 2.75) is 19.6 Å². The minimum Gasteiger partial charge on any atom is -0.497 e. The fourth-order valence-corrected chi connectivity index (χ4v) is 3.09. The van der Waals surface area contributed by atoms with Crippen molar-refractivity contribution in [3.05, 3.63) is 84.4 Å². The number of carbonyl (C=O) groups is 2. The third-order valence-corrected chi connectivity index (χ3v) is 5.16. The zero-order chi connectivity index (χ0) is 23.6. The Hall–Kier alpha value is -3.84. The second-order valence-corrected chi connectivity index (χ2v) is 7.66. The molecule has 2 amide bonds. The van der Waals surface area contributed by atoms with Crippen LogP contribution in [0, 0.1) is 0 Å². The van der Waals surface area contributed by atoms with Crippen molar-refractivity contribution in [1.82, 2.24) is 4.90 Å². The van der Waals surface area contributed by atoms with Gasteiger partial charge in [-0.2, -0.15) is 0 Å². The molecule has 1 atom stereocenters. The van der Waals surface area contributed by atoms with Gasteiger partial charge in [0.1, 0.15) is 18.1 Å². The lowest BCUT2D eigenvalue weighted by Gasteiger charge is -2.23. The fraction of sp³-hybridized carbons (Fsp3) is 0.231. The van der Waals surface area contributed by atoms with Crippen LogP contribution >= 0.6 is 0 Å². The summed E-state index contributed by atoms with van der Waals surface area (Å²) in [5.74, 6) is 0.955. The predicted molar refractivity (Wildman–Crippen MR) is 130 cm³/mol.